The van der Waals surface area contributed by atoms with E-state index in [1.807, 2.05) is 19.9 Å². The summed E-state index contributed by atoms with van der Waals surface area (Å²) in [4.78, 5) is 29.1. The first-order chi connectivity index (χ1) is 9.21. The summed E-state index contributed by atoms with van der Waals surface area (Å²) in [5.74, 6) is 0.0324. The van der Waals surface area contributed by atoms with Crippen LogP contribution in [0.1, 0.15) is 24.2 Å². The Bertz CT molecular complexity index is 600. The first-order valence-electron chi connectivity index (χ1n) is 6.38. The number of rotatable bonds is 5. The van der Waals surface area contributed by atoms with Crippen molar-refractivity contribution in [3.8, 4) is 0 Å². The second kappa shape index (κ2) is 5.65. The number of pyridine rings is 1. The molecule has 0 saturated carbocycles. The molecule has 0 fully saturated rings. The van der Waals surface area contributed by atoms with Gasteiger partial charge in [-0.15, -0.1) is 0 Å². The number of fused-ring (bicyclic) bond motifs is 1. The molecule has 0 N–H and O–H groups in total. The highest BCUT2D eigenvalue weighted by atomic mass is 16.2. The van der Waals surface area contributed by atoms with Crippen molar-refractivity contribution in [1.82, 2.24) is 14.5 Å². The molecule has 0 atom stereocenters. The van der Waals surface area contributed by atoms with E-state index in [0.29, 0.717) is 24.3 Å². The van der Waals surface area contributed by atoms with Gasteiger partial charge in [-0.05, 0) is 26.0 Å². The van der Waals surface area contributed by atoms with Crippen LogP contribution in [-0.4, -0.2) is 39.7 Å². The van der Waals surface area contributed by atoms with Crippen molar-refractivity contribution >= 4 is 23.2 Å². The Morgan fingerprint density at radius 2 is 2.16 bits per heavy atom. The lowest BCUT2D eigenvalue weighted by Gasteiger charge is -2.18. The third kappa shape index (κ3) is 2.50. The lowest BCUT2D eigenvalue weighted by molar-refractivity contribution is -0.131. The van der Waals surface area contributed by atoms with Crippen LogP contribution in [0.25, 0.3) is 11.0 Å². The molecule has 0 aliphatic carbocycles. The molecule has 0 unspecified atom stereocenters. The third-order valence-corrected chi connectivity index (χ3v) is 3.21. The summed E-state index contributed by atoms with van der Waals surface area (Å²) >= 11 is 0. The van der Waals surface area contributed by atoms with Crippen molar-refractivity contribution in [2.75, 3.05) is 13.1 Å². The van der Waals surface area contributed by atoms with Gasteiger partial charge in [0.15, 0.2) is 6.29 Å². The fourth-order valence-electron chi connectivity index (χ4n) is 2.19. The molecule has 2 heterocycles. The largest absolute Gasteiger partial charge is 0.342 e. The van der Waals surface area contributed by atoms with E-state index < -0.39 is 0 Å². The van der Waals surface area contributed by atoms with Gasteiger partial charge in [0.25, 0.3) is 0 Å². The Hall–Kier alpha value is -2.17. The molecule has 0 aromatic carbocycles. The smallest absolute Gasteiger partial charge is 0.242 e. The van der Waals surface area contributed by atoms with Gasteiger partial charge in [0.1, 0.15) is 12.2 Å². The van der Waals surface area contributed by atoms with E-state index in [9.17, 15) is 9.59 Å². The lowest BCUT2D eigenvalue weighted by atomic mass is 10.2. The Kier molecular flexibility index (Phi) is 3.94. The molecule has 5 nitrogen and oxygen atoms in total. The molecule has 0 aliphatic heterocycles. The van der Waals surface area contributed by atoms with Crippen LogP contribution in [0, 0.1) is 0 Å². The Morgan fingerprint density at radius 3 is 2.79 bits per heavy atom. The van der Waals surface area contributed by atoms with E-state index >= 15 is 0 Å². The zero-order valence-corrected chi connectivity index (χ0v) is 11.2. The van der Waals surface area contributed by atoms with Crippen LogP contribution in [-0.2, 0) is 11.3 Å². The number of hydrogen-bond donors (Lipinski definition) is 0. The highest BCUT2D eigenvalue weighted by Crippen LogP contribution is 2.17. The number of aldehydes is 1. The van der Waals surface area contributed by atoms with Crippen molar-refractivity contribution in [3.05, 3.63) is 30.1 Å². The minimum absolute atomic E-state index is 0.0324. The molecule has 100 valence electrons. The van der Waals surface area contributed by atoms with E-state index in [2.05, 4.69) is 4.98 Å². The first-order valence-corrected chi connectivity index (χ1v) is 6.38. The third-order valence-electron chi connectivity index (χ3n) is 3.21. The van der Waals surface area contributed by atoms with E-state index in [4.69, 9.17) is 0 Å². The zero-order valence-electron chi connectivity index (χ0n) is 11.2. The number of aromatic nitrogens is 2. The summed E-state index contributed by atoms with van der Waals surface area (Å²) < 4.78 is 1.74. The number of nitrogens with zero attached hydrogens (tertiary/aromatic N) is 3. The minimum atomic E-state index is 0.0324. The summed E-state index contributed by atoms with van der Waals surface area (Å²) in [6.45, 7) is 5.47. The second-order valence-corrected chi connectivity index (χ2v) is 4.27. The van der Waals surface area contributed by atoms with Crippen LogP contribution < -0.4 is 0 Å². The standard InChI is InChI=1S/C14H17N3O2/c1-3-16(4-2)13(19)9-17-8-11(10-18)12-6-5-7-15-14(12)17/h5-8,10H,3-4,9H2,1-2H3. The van der Waals surface area contributed by atoms with Crippen molar-refractivity contribution in [3.63, 3.8) is 0 Å². The molecule has 2 rings (SSSR count). The Labute approximate surface area is 111 Å². The molecule has 0 aliphatic rings. The molecule has 5 heteroatoms. The van der Waals surface area contributed by atoms with Gasteiger partial charge in [0.2, 0.25) is 5.91 Å². The average Bonchev–Trinajstić information content (AvgIpc) is 2.78. The molecule has 2 aromatic rings. The van der Waals surface area contributed by atoms with Gasteiger partial charge in [-0.1, -0.05) is 0 Å². The maximum Gasteiger partial charge on any atom is 0.242 e. The van der Waals surface area contributed by atoms with Crippen LogP contribution in [0.5, 0.6) is 0 Å². The average molecular weight is 259 g/mol. The number of hydrogen-bond acceptors (Lipinski definition) is 3. The quantitative estimate of drug-likeness (QED) is 0.768. The predicted molar refractivity (Wildman–Crippen MR) is 73.0 cm³/mol. The van der Waals surface area contributed by atoms with Gasteiger partial charge in [0.05, 0.1) is 0 Å². The number of carbonyl (C=O) groups excluding carboxylic acids is 2. The number of amides is 1. The van der Waals surface area contributed by atoms with E-state index in [1.165, 1.54) is 0 Å². The van der Waals surface area contributed by atoms with Gasteiger partial charge in [0, 0.05) is 36.4 Å². The van der Waals surface area contributed by atoms with E-state index in [-0.39, 0.29) is 12.5 Å². The summed E-state index contributed by atoms with van der Waals surface area (Å²) in [5.41, 5.74) is 1.24. The minimum Gasteiger partial charge on any atom is -0.342 e. The monoisotopic (exact) mass is 259 g/mol. The van der Waals surface area contributed by atoms with Crippen molar-refractivity contribution in [2.24, 2.45) is 0 Å². The fourth-order valence-corrected chi connectivity index (χ4v) is 2.19. The van der Waals surface area contributed by atoms with E-state index in [0.717, 1.165) is 11.7 Å². The molecule has 19 heavy (non-hydrogen) atoms. The van der Waals surface area contributed by atoms with Crippen LogP contribution >= 0.6 is 0 Å². The predicted octanol–water partition coefficient (Wildman–Crippen LogP) is 1.72. The first kappa shape index (κ1) is 13.3. The Morgan fingerprint density at radius 1 is 1.42 bits per heavy atom. The lowest BCUT2D eigenvalue weighted by Crippen LogP contribution is -2.33. The van der Waals surface area contributed by atoms with Crippen LogP contribution in [0.4, 0.5) is 0 Å². The highest BCUT2D eigenvalue weighted by Gasteiger charge is 2.14. The second-order valence-electron chi connectivity index (χ2n) is 4.27. The molecular weight excluding hydrogens is 242 g/mol. The molecule has 0 radical (unpaired) electrons. The summed E-state index contributed by atoms with van der Waals surface area (Å²) in [7, 11) is 0. The van der Waals surface area contributed by atoms with Crippen molar-refractivity contribution < 1.29 is 9.59 Å². The summed E-state index contributed by atoms with van der Waals surface area (Å²) in [6.07, 6.45) is 4.14. The van der Waals surface area contributed by atoms with Gasteiger partial charge < -0.3 is 9.47 Å². The maximum absolute atomic E-state index is 12.1. The maximum atomic E-state index is 12.1. The van der Waals surface area contributed by atoms with Crippen LogP contribution in [0.3, 0.4) is 0 Å². The summed E-state index contributed by atoms with van der Waals surface area (Å²) in [6, 6.07) is 3.62. The van der Waals surface area contributed by atoms with Gasteiger partial charge >= 0.3 is 0 Å². The van der Waals surface area contributed by atoms with Gasteiger partial charge in [-0.25, -0.2) is 4.98 Å². The SMILES string of the molecule is CCN(CC)C(=O)Cn1cc(C=O)c2cccnc21. The molecule has 0 saturated heterocycles. The number of carbonyl (C=O) groups is 2. The van der Waals surface area contributed by atoms with Crippen molar-refractivity contribution in [2.45, 2.75) is 20.4 Å². The molecular formula is C14H17N3O2. The van der Waals surface area contributed by atoms with E-state index in [1.54, 1.807) is 27.9 Å². The van der Waals surface area contributed by atoms with Crippen LogP contribution in [0.2, 0.25) is 0 Å². The topological polar surface area (TPSA) is 55.2 Å². The van der Waals surface area contributed by atoms with Crippen LogP contribution in [0.15, 0.2) is 24.5 Å². The molecule has 2 aromatic heterocycles. The molecule has 0 bridgehead atoms. The fraction of sp³-hybridized carbons (Fsp3) is 0.357. The summed E-state index contributed by atoms with van der Waals surface area (Å²) in [5, 5.41) is 0.782. The zero-order chi connectivity index (χ0) is 13.8. The Balaban J connectivity index is 2.35. The van der Waals surface area contributed by atoms with Gasteiger partial charge in [-0.2, -0.15) is 0 Å². The molecule has 1 amide bonds. The van der Waals surface area contributed by atoms with Gasteiger partial charge in [-0.3, -0.25) is 9.59 Å². The number of likely N-dealkylation sites (N-methyl/N-ethyl adjacent to an activating group) is 1. The molecule has 0 spiro atoms. The van der Waals surface area contributed by atoms with Crippen molar-refractivity contribution in [1.29, 1.82) is 0 Å². The highest BCUT2D eigenvalue weighted by molar-refractivity contribution is 5.96. The normalized spacial score (nSPS) is 10.6.